The van der Waals surface area contributed by atoms with Crippen LogP contribution in [0.2, 0.25) is 0 Å². The van der Waals surface area contributed by atoms with Gasteiger partial charge in [-0.15, -0.1) is 10.2 Å². The van der Waals surface area contributed by atoms with Gasteiger partial charge in [-0.25, -0.2) is 4.39 Å². The monoisotopic (exact) mass is 455 g/mol. The van der Waals surface area contributed by atoms with E-state index in [1.807, 2.05) is 18.2 Å². The summed E-state index contributed by atoms with van der Waals surface area (Å²) in [5.41, 5.74) is 1.38. The first-order chi connectivity index (χ1) is 15.6. The van der Waals surface area contributed by atoms with Gasteiger partial charge in [-0.3, -0.25) is 9.36 Å². The van der Waals surface area contributed by atoms with Gasteiger partial charge in [-0.05, 0) is 55.3 Å². The fourth-order valence-electron chi connectivity index (χ4n) is 4.07. The van der Waals surface area contributed by atoms with Gasteiger partial charge in [-0.1, -0.05) is 31.0 Å². The van der Waals surface area contributed by atoms with Crippen LogP contribution in [0.5, 0.6) is 11.5 Å². The highest BCUT2D eigenvalue weighted by Gasteiger charge is 2.25. The predicted octanol–water partition coefficient (Wildman–Crippen LogP) is 5.58. The van der Waals surface area contributed by atoms with Crippen molar-refractivity contribution < 1.29 is 18.7 Å². The van der Waals surface area contributed by atoms with Crippen LogP contribution in [0, 0.1) is 5.82 Å². The number of thioether (sulfide) groups is 1. The molecule has 4 rings (SSSR count). The number of ether oxygens (including phenoxy) is 2. The third-order valence-corrected chi connectivity index (χ3v) is 6.69. The molecule has 0 aliphatic heterocycles. The summed E-state index contributed by atoms with van der Waals surface area (Å²) in [6.45, 7) is 0. The lowest BCUT2D eigenvalue weighted by Crippen LogP contribution is -2.15. The van der Waals surface area contributed by atoms with Gasteiger partial charge in [0, 0.05) is 17.2 Å². The van der Waals surface area contributed by atoms with Gasteiger partial charge in [0.05, 0.1) is 20.0 Å². The number of halogens is 1. The second-order valence-electron chi connectivity index (χ2n) is 7.76. The van der Waals surface area contributed by atoms with Crippen LogP contribution in [-0.4, -0.2) is 40.5 Å². The number of aromatic nitrogens is 3. The molecule has 0 N–H and O–H groups in total. The number of nitrogens with zero attached hydrogens (tertiary/aromatic N) is 3. The minimum absolute atomic E-state index is 0.0686. The Kier molecular flexibility index (Phi) is 7.09. The number of hydrogen-bond donors (Lipinski definition) is 0. The molecule has 1 aliphatic rings. The number of Topliss-reactive ketones (excluding diaryl/α,β-unsaturated/α-hetero) is 1. The molecule has 0 unspecified atom stereocenters. The van der Waals surface area contributed by atoms with Gasteiger partial charge in [-0.2, -0.15) is 0 Å². The summed E-state index contributed by atoms with van der Waals surface area (Å²) in [7, 11) is 3.21. The van der Waals surface area contributed by atoms with E-state index in [9.17, 15) is 9.18 Å². The molecule has 1 fully saturated rings. The normalized spacial score (nSPS) is 14.3. The van der Waals surface area contributed by atoms with Crippen molar-refractivity contribution >= 4 is 17.5 Å². The van der Waals surface area contributed by atoms with E-state index in [1.54, 1.807) is 14.2 Å². The van der Waals surface area contributed by atoms with Crippen molar-refractivity contribution in [2.45, 2.75) is 43.3 Å². The molecule has 0 amide bonds. The zero-order chi connectivity index (χ0) is 22.5. The molecule has 0 spiro atoms. The molecule has 1 heterocycles. The smallest absolute Gasteiger partial charge is 0.192 e. The van der Waals surface area contributed by atoms with E-state index < -0.39 is 0 Å². The number of hydrogen-bond acceptors (Lipinski definition) is 6. The SMILES string of the molecule is COc1ccc(-c2nnc(SCC(=O)c3ccc(F)cc3)n2C2CCCCC2)cc1OC. The number of carbonyl (C=O) groups is 1. The van der Waals surface area contributed by atoms with E-state index in [2.05, 4.69) is 14.8 Å². The van der Waals surface area contributed by atoms with Crippen LogP contribution in [0.25, 0.3) is 11.4 Å². The van der Waals surface area contributed by atoms with Crippen molar-refractivity contribution in [1.82, 2.24) is 14.8 Å². The molecule has 0 radical (unpaired) electrons. The zero-order valence-corrected chi connectivity index (χ0v) is 19.0. The largest absolute Gasteiger partial charge is 0.493 e. The maximum atomic E-state index is 13.2. The van der Waals surface area contributed by atoms with Crippen molar-refractivity contribution in [2.24, 2.45) is 0 Å². The van der Waals surface area contributed by atoms with E-state index in [0.717, 1.165) is 42.2 Å². The van der Waals surface area contributed by atoms with Gasteiger partial charge in [0.1, 0.15) is 5.82 Å². The molecule has 1 aromatic heterocycles. The first-order valence-electron chi connectivity index (χ1n) is 10.7. The Morgan fingerprint density at radius 3 is 2.44 bits per heavy atom. The number of carbonyl (C=O) groups excluding carboxylic acids is 1. The van der Waals surface area contributed by atoms with E-state index in [0.29, 0.717) is 17.1 Å². The van der Waals surface area contributed by atoms with Crippen molar-refractivity contribution in [3.8, 4) is 22.9 Å². The first-order valence-corrected chi connectivity index (χ1v) is 11.7. The molecule has 3 aromatic rings. The lowest BCUT2D eigenvalue weighted by atomic mass is 9.95. The van der Waals surface area contributed by atoms with Gasteiger partial charge >= 0.3 is 0 Å². The molecule has 0 bridgehead atoms. The number of methoxy groups -OCH3 is 2. The summed E-state index contributed by atoms with van der Waals surface area (Å²) >= 11 is 1.37. The molecule has 0 atom stereocenters. The summed E-state index contributed by atoms with van der Waals surface area (Å²) in [6, 6.07) is 11.6. The molecule has 0 saturated heterocycles. The van der Waals surface area contributed by atoms with Gasteiger partial charge in [0.15, 0.2) is 28.3 Å². The number of ketones is 1. The second kappa shape index (κ2) is 10.2. The summed E-state index contributed by atoms with van der Waals surface area (Å²) in [5.74, 6) is 1.83. The van der Waals surface area contributed by atoms with Crippen LogP contribution < -0.4 is 9.47 Å². The van der Waals surface area contributed by atoms with Gasteiger partial charge < -0.3 is 9.47 Å². The van der Waals surface area contributed by atoms with Crippen LogP contribution in [0.1, 0.15) is 48.5 Å². The number of rotatable bonds is 8. The fraction of sp³-hybridized carbons (Fsp3) is 0.375. The van der Waals surface area contributed by atoms with Crippen LogP contribution in [0.15, 0.2) is 47.6 Å². The Morgan fingerprint density at radius 1 is 1.03 bits per heavy atom. The van der Waals surface area contributed by atoms with E-state index in [-0.39, 0.29) is 23.4 Å². The van der Waals surface area contributed by atoms with E-state index in [1.165, 1.54) is 42.4 Å². The first kappa shape index (κ1) is 22.3. The van der Waals surface area contributed by atoms with Crippen LogP contribution in [0.4, 0.5) is 4.39 Å². The lowest BCUT2D eigenvalue weighted by molar-refractivity contribution is 0.102. The predicted molar refractivity (Wildman–Crippen MR) is 122 cm³/mol. The van der Waals surface area contributed by atoms with Gasteiger partial charge in [0.2, 0.25) is 0 Å². The molecule has 32 heavy (non-hydrogen) atoms. The lowest BCUT2D eigenvalue weighted by Gasteiger charge is -2.25. The minimum atomic E-state index is -0.356. The molecule has 1 aliphatic carbocycles. The van der Waals surface area contributed by atoms with Crippen molar-refractivity contribution in [3.05, 3.63) is 53.8 Å². The fourth-order valence-corrected chi connectivity index (χ4v) is 4.97. The Hall–Kier alpha value is -2.87. The highest BCUT2D eigenvalue weighted by Crippen LogP contribution is 2.38. The summed E-state index contributed by atoms with van der Waals surface area (Å²) in [5, 5.41) is 9.65. The van der Waals surface area contributed by atoms with Crippen molar-refractivity contribution in [3.63, 3.8) is 0 Å². The third-order valence-electron chi connectivity index (χ3n) is 5.74. The standard InChI is InChI=1S/C24H26FN3O3S/c1-30-21-13-10-17(14-22(21)31-2)23-26-27-24(28(23)19-6-4-3-5-7-19)32-15-20(29)16-8-11-18(25)12-9-16/h8-14,19H,3-7,15H2,1-2H3. The molecule has 168 valence electrons. The Balaban J connectivity index is 1.63. The Morgan fingerprint density at radius 2 is 1.75 bits per heavy atom. The molecule has 1 saturated carbocycles. The molecule has 6 nitrogen and oxygen atoms in total. The van der Waals surface area contributed by atoms with E-state index in [4.69, 9.17) is 9.47 Å². The molecular weight excluding hydrogens is 429 g/mol. The Labute approximate surface area is 191 Å². The van der Waals surface area contributed by atoms with Gasteiger partial charge in [0.25, 0.3) is 0 Å². The summed E-state index contributed by atoms with van der Waals surface area (Å²) < 4.78 is 26.2. The molecule has 8 heteroatoms. The van der Waals surface area contributed by atoms with Crippen LogP contribution in [0.3, 0.4) is 0 Å². The van der Waals surface area contributed by atoms with Crippen LogP contribution in [-0.2, 0) is 0 Å². The van der Waals surface area contributed by atoms with Crippen molar-refractivity contribution in [1.29, 1.82) is 0 Å². The van der Waals surface area contributed by atoms with Crippen LogP contribution >= 0.6 is 11.8 Å². The molecule has 2 aromatic carbocycles. The maximum Gasteiger partial charge on any atom is 0.192 e. The highest BCUT2D eigenvalue weighted by atomic mass is 32.2. The summed E-state index contributed by atoms with van der Waals surface area (Å²) in [6.07, 6.45) is 5.66. The topological polar surface area (TPSA) is 66.2 Å². The summed E-state index contributed by atoms with van der Waals surface area (Å²) in [4.78, 5) is 12.6. The molecular formula is C24H26FN3O3S. The Bertz CT molecular complexity index is 1080. The quantitative estimate of drug-likeness (QED) is 0.326. The minimum Gasteiger partial charge on any atom is -0.493 e. The average Bonchev–Trinajstić information content (AvgIpc) is 3.27. The maximum absolute atomic E-state index is 13.2. The zero-order valence-electron chi connectivity index (χ0n) is 18.2. The number of benzene rings is 2. The van der Waals surface area contributed by atoms with E-state index >= 15 is 0 Å². The second-order valence-corrected chi connectivity index (χ2v) is 8.70. The average molecular weight is 456 g/mol. The highest BCUT2D eigenvalue weighted by molar-refractivity contribution is 7.99. The van der Waals surface area contributed by atoms with Crippen molar-refractivity contribution in [2.75, 3.05) is 20.0 Å². The third kappa shape index (κ3) is 4.80.